The van der Waals surface area contributed by atoms with Crippen molar-refractivity contribution in [1.29, 1.82) is 5.26 Å². The smallest absolute Gasteiger partial charge is 0.331 e. The number of carbonyl (C=O) groups is 2. The second kappa shape index (κ2) is 10.2. The van der Waals surface area contributed by atoms with Crippen LogP contribution in [0.15, 0.2) is 18.2 Å². The van der Waals surface area contributed by atoms with Gasteiger partial charge < -0.3 is 19.5 Å². The molecule has 134 valence electrons. The molecule has 7 nitrogen and oxygen atoms in total. The zero-order valence-corrected chi connectivity index (χ0v) is 14.7. The van der Waals surface area contributed by atoms with E-state index in [9.17, 15) is 14.7 Å². The molecule has 25 heavy (non-hydrogen) atoms. The highest BCUT2D eigenvalue weighted by Gasteiger charge is 2.11. The Bertz CT molecular complexity index is 697. The molecular weight excluding hydrogens is 348 g/mol. The fraction of sp³-hybridized carbons (Fsp3) is 0.353. The van der Waals surface area contributed by atoms with Crippen molar-refractivity contribution >= 4 is 29.6 Å². The van der Waals surface area contributed by atoms with E-state index in [2.05, 4.69) is 0 Å². The van der Waals surface area contributed by atoms with Gasteiger partial charge in [-0.05, 0) is 30.7 Å². The monoisotopic (exact) mass is 366 g/mol. The summed E-state index contributed by atoms with van der Waals surface area (Å²) in [5.74, 6) is -1.07. The summed E-state index contributed by atoms with van der Waals surface area (Å²) < 4.78 is 10.1. The lowest BCUT2D eigenvalue weighted by Gasteiger charge is -2.14. The molecule has 1 aromatic rings. The molecular formula is C17H19ClN2O5. The van der Waals surface area contributed by atoms with Crippen LogP contribution in [0.25, 0.3) is 6.08 Å². The Morgan fingerprint density at radius 1 is 1.44 bits per heavy atom. The van der Waals surface area contributed by atoms with Crippen molar-refractivity contribution in [3.05, 3.63) is 28.8 Å². The lowest BCUT2D eigenvalue weighted by atomic mass is 10.2. The maximum atomic E-state index is 11.7. The fourth-order valence-corrected chi connectivity index (χ4v) is 1.97. The van der Waals surface area contributed by atoms with Crippen LogP contribution in [-0.4, -0.2) is 48.7 Å². The number of hydrogen-bond donors (Lipinski definition) is 1. The number of aromatic hydroxyl groups is 1. The number of phenolic OH excluding ortho intramolecular Hbond substituents is 1. The maximum Gasteiger partial charge on any atom is 0.331 e. The van der Waals surface area contributed by atoms with Crippen molar-refractivity contribution in [3.63, 3.8) is 0 Å². The van der Waals surface area contributed by atoms with Crippen LogP contribution in [0.3, 0.4) is 0 Å². The summed E-state index contributed by atoms with van der Waals surface area (Å²) >= 11 is 5.90. The van der Waals surface area contributed by atoms with E-state index in [0.29, 0.717) is 12.2 Å². The quantitative estimate of drug-likeness (QED) is 0.560. The van der Waals surface area contributed by atoms with Crippen LogP contribution < -0.4 is 4.74 Å². The predicted molar refractivity (Wildman–Crippen MR) is 92.1 cm³/mol. The van der Waals surface area contributed by atoms with E-state index in [-0.39, 0.29) is 29.5 Å². The van der Waals surface area contributed by atoms with Crippen molar-refractivity contribution in [2.75, 3.05) is 26.8 Å². The number of carbonyl (C=O) groups excluding carboxylic acids is 2. The van der Waals surface area contributed by atoms with Crippen LogP contribution in [-0.2, 0) is 14.3 Å². The zero-order valence-electron chi connectivity index (χ0n) is 14.0. The van der Waals surface area contributed by atoms with Gasteiger partial charge in [0.2, 0.25) is 0 Å². The molecule has 0 aromatic heterocycles. The van der Waals surface area contributed by atoms with E-state index in [0.717, 1.165) is 6.08 Å². The molecule has 0 fully saturated rings. The Labute approximate surface area is 151 Å². The Kier molecular flexibility index (Phi) is 8.30. The highest BCUT2D eigenvalue weighted by atomic mass is 35.5. The second-order valence-corrected chi connectivity index (χ2v) is 5.35. The van der Waals surface area contributed by atoms with Crippen LogP contribution >= 0.6 is 11.6 Å². The lowest BCUT2D eigenvalue weighted by Crippen LogP contribution is -2.31. The van der Waals surface area contributed by atoms with Crippen molar-refractivity contribution in [1.82, 2.24) is 4.90 Å². The molecule has 0 atom stereocenters. The van der Waals surface area contributed by atoms with Gasteiger partial charge in [0.15, 0.2) is 18.1 Å². The molecule has 0 aliphatic carbocycles. The van der Waals surface area contributed by atoms with Crippen molar-refractivity contribution in [3.8, 4) is 17.6 Å². The van der Waals surface area contributed by atoms with Gasteiger partial charge >= 0.3 is 5.97 Å². The molecule has 1 rings (SSSR count). The first kappa shape index (κ1) is 20.3. The minimum absolute atomic E-state index is 0.0910. The average molecular weight is 367 g/mol. The number of ether oxygens (including phenoxy) is 2. The van der Waals surface area contributed by atoms with Crippen LogP contribution in [0.2, 0.25) is 5.02 Å². The Hall–Kier alpha value is -2.72. The van der Waals surface area contributed by atoms with Crippen LogP contribution in [0.1, 0.15) is 18.9 Å². The molecule has 0 unspecified atom stereocenters. The molecule has 1 N–H and O–H groups in total. The maximum absolute atomic E-state index is 11.7. The molecule has 1 amide bonds. The zero-order chi connectivity index (χ0) is 18.8. The molecule has 1 aromatic carbocycles. The third-order valence-electron chi connectivity index (χ3n) is 3.09. The van der Waals surface area contributed by atoms with E-state index in [1.54, 1.807) is 6.92 Å². The SMILES string of the molecule is CCOc1cc(/C=C/C(=O)OCC(=O)N(C)CCC#N)cc(Cl)c1O. The van der Waals surface area contributed by atoms with Gasteiger partial charge in [-0.15, -0.1) is 0 Å². The van der Waals surface area contributed by atoms with E-state index < -0.39 is 18.5 Å². The van der Waals surface area contributed by atoms with Crippen LogP contribution in [0, 0.1) is 11.3 Å². The van der Waals surface area contributed by atoms with Gasteiger partial charge in [0.1, 0.15) is 0 Å². The van der Waals surface area contributed by atoms with Gasteiger partial charge in [0.25, 0.3) is 5.91 Å². The van der Waals surface area contributed by atoms with Gasteiger partial charge in [-0.25, -0.2) is 4.79 Å². The number of nitrogens with zero attached hydrogens (tertiary/aromatic N) is 2. The summed E-state index contributed by atoms with van der Waals surface area (Å²) in [7, 11) is 1.52. The average Bonchev–Trinajstić information content (AvgIpc) is 2.59. The van der Waals surface area contributed by atoms with Crippen molar-refractivity contribution in [2.45, 2.75) is 13.3 Å². The van der Waals surface area contributed by atoms with E-state index in [1.807, 2.05) is 6.07 Å². The lowest BCUT2D eigenvalue weighted by molar-refractivity contribution is -0.147. The Balaban J connectivity index is 2.62. The number of esters is 1. The third-order valence-corrected chi connectivity index (χ3v) is 3.37. The molecule has 0 aliphatic rings. The number of benzene rings is 1. The molecule has 0 bridgehead atoms. The largest absolute Gasteiger partial charge is 0.503 e. The topological polar surface area (TPSA) is 99.9 Å². The molecule has 0 radical (unpaired) electrons. The second-order valence-electron chi connectivity index (χ2n) is 4.95. The highest BCUT2D eigenvalue weighted by Crippen LogP contribution is 2.35. The standard InChI is InChI=1S/C17H19ClN2O5/c1-3-24-14-10-12(9-13(18)17(14)23)5-6-16(22)25-11-15(21)20(2)8-4-7-19/h5-6,9-10,23H,3-4,8,11H2,1-2H3/b6-5+. The summed E-state index contributed by atoms with van der Waals surface area (Å²) in [5, 5.41) is 18.3. The first-order valence-electron chi connectivity index (χ1n) is 7.50. The minimum Gasteiger partial charge on any atom is -0.503 e. The molecule has 0 spiro atoms. The number of rotatable bonds is 8. The van der Waals surface area contributed by atoms with Gasteiger partial charge in [0.05, 0.1) is 24.1 Å². The highest BCUT2D eigenvalue weighted by molar-refractivity contribution is 6.32. The molecule has 0 saturated heterocycles. The molecule has 0 aliphatic heterocycles. The third kappa shape index (κ3) is 6.73. The Morgan fingerprint density at radius 2 is 2.16 bits per heavy atom. The number of likely N-dealkylation sites (N-methyl/N-ethyl adjacent to an activating group) is 1. The normalized spacial score (nSPS) is 10.3. The summed E-state index contributed by atoms with van der Waals surface area (Å²) in [6, 6.07) is 4.91. The molecule has 8 heteroatoms. The fourth-order valence-electron chi connectivity index (χ4n) is 1.75. The van der Waals surface area contributed by atoms with Gasteiger partial charge in [-0.2, -0.15) is 5.26 Å². The van der Waals surface area contributed by atoms with Crippen molar-refractivity contribution < 1.29 is 24.2 Å². The predicted octanol–water partition coefficient (Wildman–Crippen LogP) is 2.37. The molecule has 0 saturated carbocycles. The molecule has 0 heterocycles. The first-order chi connectivity index (χ1) is 11.9. The van der Waals surface area contributed by atoms with Crippen molar-refractivity contribution in [2.24, 2.45) is 0 Å². The minimum atomic E-state index is -0.704. The van der Waals surface area contributed by atoms with Crippen LogP contribution in [0.4, 0.5) is 0 Å². The summed E-state index contributed by atoms with van der Waals surface area (Å²) in [5.41, 5.74) is 0.528. The number of hydrogen-bond acceptors (Lipinski definition) is 6. The van der Waals surface area contributed by atoms with E-state index in [1.165, 1.54) is 30.2 Å². The number of phenols is 1. The van der Waals surface area contributed by atoms with Gasteiger partial charge in [-0.3, -0.25) is 4.79 Å². The van der Waals surface area contributed by atoms with E-state index >= 15 is 0 Å². The van der Waals surface area contributed by atoms with E-state index in [4.69, 9.17) is 26.3 Å². The van der Waals surface area contributed by atoms with Crippen LogP contribution in [0.5, 0.6) is 11.5 Å². The first-order valence-corrected chi connectivity index (χ1v) is 7.87. The number of nitriles is 1. The summed E-state index contributed by atoms with van der Waals surface area (Å²) in [6.07, 6.45) is 2.78. The Morgan fingerprint density at radius 3 is 2.80 bits per heavy atom. The van der Waals surface area contributed by atoms with Gasteiger partial charge in [-0.1, -0.05) is 11.6 Å². The van der Waals surface area contributed by atoms with Gasteiger partial charge in [0, 0.05) is 19.7 Å². The number of halogens is 1. The number of amides is 1. The summed E-state index contributed by atoms with van der Waals surface area (Å²) in [4.78, 5) is 24.7. The summed E-state index contributed by atoms with van der Waals surface area (Å²) in [6.45, 7) is 1.97.